The van der Waals surface area contributed by atoms with Gasteiger partial charge in [0, 0.05) is 20.0 Å². The van der Waals surface area contributed by atoms with Crippen LogP contribution in [0.3, 0.4) is 0 Å². The van der Waals surface area contributed by atoms with Gasteiger partial charge in [-0.1, -0.05) is 6.07 Å². The van der Waals surface area contributed by atoms with Crippen LogP contribution in [0.4, 0.5) is 4.39 Å². The molecule has 1 rings (SSSR count). The van der Waals surface area contributed by atoms with Crippen molar-refractivity contribution in [3.8, 4) is 0 Å². The molecule has 0 bridgehead atoms. The number of nitrogens with zero attached hydrogens (tertiary/aromatic N) is 1. The molecular formula is C13H15BrFNO3. The normalized spacial score (nSPS) is 10.1. The van der Waals surface area contributed by atoms with Gasteiger partial charge in [-0.3, -0.25) is 9.59 Å². The fourth-order valence-electron chi connectivity index (χ4n) is 1.54. The van der Waals surface area contributed by atoms with Crippen molar-refractivity contribution in [2.45, 2.75) is 12.8 Å². The van der Waals surface area contributed by atoms with Crippen LogP contribution in [-0.4, -0.2) is 37.5 Å². The number of benzene rings is 1. The average Bonchev–Trinajstić information content (AvgIpc) is 2.40. The third kappa shape index (κ3) is 4.31. The third-order valence-corrected chi connectivity index (χ3v) is 3.24. The molecule has 0 aliphatic rings. The van der Waals surface area contributed by atoms with Gasteiger partial charge in [-0.2, -0.15) is 0 Å². The highest BCUT2D eigenvalue weighted by molar-refractivity contribution is 9.10. The van der Waals surface area contributed by atoms with Gasteiger partial charge in [-0.15, -0.1) is 0 Å². The van der Waals surface area contributed by atoms with E-state index in [1.54, 1.807) is 13.1 Å². The quantitative estimate of drug-likeness (QED) is 0.779. The highest BCUT2D eigenvalue weighted by Crippen LogP contribution is 2.19. The Morgan fingerprint density at radius 3 is 2.74 bits per heavy atom. The van der Waals surface area contributed by atoms with Crippen LogP contribution in [0.15, 0.2) is 22.7 Å². The van der Waals surface area contributed by atoms with Crippen molar-refractivity contribution < 1.29 is 18.7 Å². The number of amides is 1. The Morgan fingerprint density at radius 2 is 2.11 bits per heavy atom. The highest BCUT2D eigenvalue weighted by Gasteiger charge is 2.17. The van der Waals surface area contributed by atoms with Gasteiger partial charge < -0.3 is 9.64 Å². The van der Waals surface area contributed by atoms with Crippen LogP contribution in [0.2, 0.25) is 0 Å². The summed E-state index contributed by atoms with van der Waals surface area (Å²) in [6, 6.07) is 4.56. The average molecular weight is 332 g/mol. The molecule has 1 aromatic rings. The molecular weight excluding hydrogens is 317 g/mol. The lowest BCUT2D eigenvalue weighted by molar-refractivity contribution is -0.140. The van der Waals surface area contributed by atoms with E-state index in [0.29, 0.717) is 13.0 Å². The number of ether oxygens (including phenoxy) is 1. The van der Waals surface area contributed by atoms with E-state index in [1.807, 2.05) is 0 Å². The second-order valence-corrected chi connectivity index (χ2v) is 4.86. The summed E-state index contributed by atoms with van der Waals surface area (Å²) in [7, 11) is 2.88. The summed E-state index contributed by atoms with van der Waals surface area (Å²) in [4.78, 5) is 24.3. The maximum atomic E-state index is 13.7. The maximum absolute atomic E-state index is 13.7. The molecule has 0 aliphatic carbocycles. The van der Waals surface area contributed by atoms with Crippen LogP contribution >= 0.6 is 15.9 Å². The topological polar surface area (TPSA) is 46.6 Å². The van der Waals surface area contributed by atoms with Gasteiger partial charge in [-0.25, -0.2) is 4.39 Å². The van der Waals surface area contributed by atoms with E-state index >= 15 is 0 Å². The van der Waals surface area contributed by atoms with E-state index in [-0.39, 0.29) is 22.4 Å². The molecule has 0 spiro atoms. The first-order valence-electron chi connectivity index (χ1n) is 5.73. The molecule has 0 heterocycles. The van der Waals surface area contributed by atoms with Gasteiger partial charge >= 0.3 is 5.97 Å². The second-order valence-electron chi connectivity index (χ2n) is 4.01. The van der Waals surface area contributed by atoms with Crippen molar-refractivity contribution >= 4 is 27.8 Å². The molecule has 19 heavy (non-hydrogen) atoms. The fourth-order valence-corrected chi connectivity index (χ4v) is 1.90. The molecule has 0 saturated carbocycles. The predicted octanol–water partition coefficient (Wildman–Crippen LogP) is 2.61. The van der Waals surface area contributed by atoms with E-state index in [4.69, 9.17) is 0 Å². The first-order valence-corrected chi connectivity index (χ1v) is 6.53. The SMILES string of the molecule is COC(=O)CCCN(C)C(=O)c1cccc(Br)c1F. The fraction of sp³-hybridized carbons (Fsp3) is 0.385. The molecule has 0 N–H and O–H groups in total. The Balaban J connectivity index is 2.62. The Kier molecular flexibility index (Phi) is 5.95. The van der Waals surface area contributed by atoms with E-state index in [0.717, 1.165) is 0 Å². The standard InChI is InChI=1S/C13H15BrFNO3/c1-16(8-4-7-11(17)19-2)13(18)9-5-3-6-10(14)12(9)15/h3,5-6H,4,7-8H2,1-2H3. The highest BCUT2D eigenvalue weighted by atomic mass is 79.9. The minimum absolute atomic E-state index is 0.00921. The predicted molar refractivity (Wildman–Crippen MR) is 72.3 cm³/mol. The lowest BCUT2D eigenvalue weighted by Gasteiger charge is -2.17. The number of methoxy groups -OCH3 is 1. The van der Waals surface area contributed by atoms with Crippen molar-refractivity contribution in [1.82, 2.24) is 4.90 Å². The smallest absolute Gasteiger partial charge is 0.305 e. The third-order valence-electron chi connectivity index (χ3n) is 2.63. The summed E-state index contributed by atoms with van der Waals surface area (Å²) in [5.74, 6) is -1.31. The van der Waals surface area contributed by atoms with E-state index in [9.17, 15) is 14.0 Å². The molecule has 1 aromatic carbocycles. The zero-order chi connectivity index (χ0) is 14.4. The zero-order valence-electron chi connectivity index (χ0n) is 10.8. The van der Waals surface area contributed by atoms with E-state index in [2.05, 4.69) is 20.7 Å². The van der Waals surface area contributed by atoms with Crippen molar-refractivity contribution in [2.24, 2.45) is 0 Å². The van der Waals surface area contributed by atoms with Gasteiger partial charge in [0.2, 0.25) is 0 Å². The van der Waals surface area contributed by atoms with Crippen LogP contribution in [0.1, 0.15) is 23.2 Å². The van der Waals surface area contributed by atoms with Gasteiger partial charge in [0.1, 0.15) is 5.82 Å². The maximum Gasteiger partial charge on any atom is 0.305 e. The van der Waals surface area contributed by atoms with Crippen LogP contribution < -0.4 is 0 Å². The Morgan fingerprint density at radius 1 is 1.42 bits per heavy atom. The molecule has 0 aliphatic heterocycles. The van der Waals surface area contributed by atoms with Crippen molar-refractivity contribution in [3.63, 3.8) is 0 Å². The molecule has 4 nitrogen and oxygen atoms in total. The summed E-state index contributed by atoms with van der Waals surface area (Å²) < 4.78 is 18.5. The summed E-state index contributed by atoms with van der Waals surface area (Å²) in [6.45, 7) is 0.361. The van der Waals surface area contributed by atoms with Gasteiger partial charge in [0.05, 0.1) is 17.1 Å². The molecule has 0 radical (unpaired) electrons. The zero-order valence-corrected chi connectivity index (χ0v) is 12.4. The summed E-state index contributed by atoms with van der Waals surface area (Å²) >= 11 is 3.04. The molecule has 6 heteroatoms. The Labute approximate surface area is 119 Å². The van der Waals surface area contributed by atoms with Crippen molar-refractivity contribution in [1.29, 1.82) is 0 Å². The number of carbonyl (C=O) groups excluding carboxylic acids is 2. The number of rotatable bonds is 5. The van der Waals surface area contributed by atoms with Crippen LogP contribution in [0, 0.1) is 5.82 Å². The lowest BCUT2D eigenvalue weighted by atomic mass is 10.2. The molecule has 0 fully saturated rings. The minimum atomic E-state index is -0.577. The van der Waals surface area contributed by atoms with Gasteiger partial charge in [0.25, 0.3) is 5.91 Å². The molecule has 0 unspecified atom stereocenters. The molecule has 1 amide bonds. The first-order chi connectivity index (χ1) is 8.97. The summed E-state index contributed by atoms with van der Waals surface area (Å²) in [5.41, 5.74) is 0.00921. The first kappa shape index (κ1) is 15.6. The van der Waals surface area contributed by atoms with E-state index in [1.165, 1.54) is 24.1 Å². The largest absolute Gasteiger partial charge is 0.469 e. The second kappa shape index (κ2) is 7.23. The van der Waals surface area contributed by atoms with Gasteiger partial charge in [-0.05, 0) is 34.5 Å². The molecule has 0 atom stereocenters. The van der Waals surface area contributed by atoms with Crippen LogP contribution in [0.5, 0.6) is 0 Å². The number of hydrogen-bond acceptors (Lipinski definition) is 3. The van der Waals surface area contributed by atoms with Gasteiger partial charge in [0.15, 0.2) is 0 Å². The van der Waals surface area contributed by atoms with Crippen molar-refractivity contribution in [2.75, 3.05) is 20.7 Å². The van der Waals surface area contributed by atoms with Crippen LogP contribution in [-0.2, 0) is 9.53 Å². The number of halogens is 2. The lowest BCUT2D eigenvalue weighted by Crippen LogP contribution is -2.29. The monoisotopic (exact) mass is 331 g/mol. The summed E-state index contributed by atoms with van der Waals surface area (Å²) in [5, 5.41) is 0. The summed E-state index contributed by atoms with van der Waals surface area (Å²) in [6.07, 6.45) is 0.708. The Bertz CT molecular complexity index is 479. The number of esters is 1. The minimum Gasteiger partial charge on any atom is -0.469 e. The molecule has 0 saturated heterocycles. The van der Waals surface area contributed by atoms with Crippen molar-refractivity contribution in [3.05, 3.63) is 34.1 Å². The van der Waals surface area contributed by atoms with E-state index < -0.39 is 11.7 Å². The Hall–Kier alpha value is -1.43. The number of carbonyl (C=O) groups is 2. The molecule has 0 aromatic heterocycles. The number of hydrogen-bond donors (Lipinski definition) is 0. The van der Waals surface area contributed by atoms with Crippen LogP contribution in [0.25, 0.3) is 0 Å². The molecule has 104 valence electrons.